The zero-order chi connectivity index (χ0) is 13.4. The molecule has 130 valence electrons. The largest absolute Gasteiger partial charge is 2.00 e. The van der Waals surface area contributed by atoms with Gasteiger partial charge < -0.3 is 62.4 Å². The summed E-state index contributed by atoms with van der Waals surface area (Å²) in [6.07, 6.45) is 2.26. The Morgan fingerprint density at radius 2 is 1.19 bits per heavy atom. The maximum Gasteiger partial charge on any atom is 2.00 e. The van der Waals surface area contributed by atoms with Gasteiger partial charge in [0.05, 0.1) is 23.4 Å². The van der Waals surface area contributed by atoms with Crippen LogP contribution in [0.1, 0.15) is 19.8 Å². The third kappa shape index (κ3) is 302. The van der Waals surface area contributed by atoms with Crippen molar-refractivity contribution in [1.82, 2.24) is 0 Å². The van der Waals surface area contributed by atoms with Crippen LogP contribution in [0, 0.1) is 30.6 Å². The zero-order valence-electron chi connectivity index (χ0n) is 11.4. The fourth-order valence-electron chi connectivity index (χ4n) is 0.413. The van der Waals surface area contributed by atoms with E-state index in [1.807, 2.05) is 0 Å². The molecular weight excluding hydrogens is 332 g/mol. The molecule has 21 heavy (non-hydrogen) atoms. The molecule has 0 spiro atoms. The molecule has 0 aliphatic heterocycles. The number of aliphatic hydroxyl groups is 1. The van der Waals surface area contributed by atoms with Crippen LogP contribution in [0.3, 0.4) is 0 Å². The second-order valence-electron chi connectivity index (χ2n) is 2.14. The van der Waals surface area contributed by atoms with E-state index in [4.69, 9.17) is 40.5 Å². The van der Waals surface area contributed by atoms with Crippen molar-refractivity contribution in [3.63, 3.8) is 0 Å². The molecule has 0 fully saturated rings. The maximum atomic E-state index is 8.25. The summed E-state index contributed by atoms with van der Waals surface area (Å²) in [4.78, 5) is 16.5. The molecule has 9 N–H and O–H groups in total. The quantitative estimate of drug-likeness (QED) is 0.224. The van der Waals surface area contributed by atoms with E-state index in [2.05, 4.69) is 6.92 Å². The van der Waals surface area contributed by atoms with Crippen molar-refractivity contribution in [3.8, 4) is 0 Å². The van der Waals surface area contributed by atoms with Crippen molar-refractivity contribution < 1.29 is 41.9 Å². The predicted molar refractivity (Wildman–Crippen MR) is 73.7 cm³/mol. The maximum absolute atomic E-state index is 8.25. The first-order valence-corrected chi connectivity index (χ1v) is 4.20. The Hall–Kier alpha value is -0.580. The van der Waals surface area contributed by atoms with E-state index in [9.17, 15) is 0 Å². The number of unbranched alkanes of at least 4 members (excludes halogenated alkanes) is 1. The van der Waals surface area contributed by atoms with Crippen LogP contribution in [-0.4, -0.2) is 94.7 Å². The molecule has 0 rings (SSSR count). The van der Waals surface area contributed by atoms with Gasteiger partial charge in [0, 0.05) is 6.61 Å². The van der Waals surface area contributed by atoms with Crippen LogP contribution >= 0.6 is 0 Å². The topological polar surface area (TPSA) is 288 Å². The van der Waals surface area contributed by atoms with Gasteiger partial charge in [-0.2, -0.15) is 0 Å². The predicted octanol–water partition coefficient (Wildman–Crippen LogP) is -3.36. The molecule has 0 unspecified atom stereocenters. The van der Waals surface area contributed by atoms with Gasteiger partial charge in [0.15, 0.2) is 0 Å². The molecule has 0 aliphatic carbocycles. The molecule has 0 bridgehead atoms. The van der Waals surface area contributed by atoms with Crippen LogP contribution in [-0.2, 0) is 4.74 Å². The number of hydrogen-bond donors (Lipinski definition) is 1. The SMILES string of the molecule is CCCCOCCO.O.O.O.O.O=[N+]([O-])[O-].O=[N+]([O-])[O-].[Ca+2]. The van der Waals surface area contributed by atoms with Crippen LogP contribution in [0.2, 0.25) is 0 Å². The summed E-state index contributed by atoms with van der Waals surface area (Å²) >= 11 is 0. The molecule has 0 atom stereocenters. The van der Waals surface area contributed by atoms with Gasteiger partial charge in [-0.25, -0.2) is 0 Å². The fourth-order valence-corrected chi connectivity index (χ4v) is 0.413. The Labute approximate surface area is 149 Å². The average Bonchev–Trinajstić information content (AvgIpc) is 2.11. The summed E-state index contributed by atoms with van der Waals surface area (Å²) in [5.74, 6) is 0. The van der Waals surface area contributed by atoms with Crippen molar-refractivity contribution in [3.05, 3.63) is 30.6 Å². The van der Waals surface area contributed by atoms with Gasteiger partial charge >= 0.3 is 37.7 Å². The molecule has 0 saturated heterocycles. The smallest absolute Gasteiger partial charge is 0.412 e. The average molecular weight is 354 g/mol. The molecule has 0 aromatic rings. The van der Waals surface area contributed by atoms with E-state index in [-0.39, 0.29) is 66.2 Å². The van der Waals surface area contributed by atoms with E-state index < -0.39 is 10.2 Å². The summed E-state index contributed by atoms with van der Waals surface area (Å²) in [7, 11) is 0. The van der Waals surface area contributed by atoms with Crippen molar-refractivity contribution in [2.75, 3.05) is 19.8 Å². The van der Waals surface area contributed by atoms with E-state index in [1.54, 1.807) is 0 Å². The molecule has 14 nitrogen and oxygen atoms in total. The van der Waals surface area contributed by atoms with Gasteiger partial charge in [-0.3, -0.25) is 0 Å². The number of hydrogen-bond acceptors (Lipinski definition) is 8. The first-order valence-electron chi connectivity index (χ1n) is 4.20. The minimum Gasteiger partial charge on any atom is -0.412 e. The standard InChI is InChI=1S/C6H14O2.Ca.2NO3.4H2O/c1-2-3-5-8-6-4-7;;2*2-1(3)4;;;;/h7H,2-6H2,1H3;;;;4*1H2/q;+2;2*-1;;;;. The van der Waals surface area contributed by atoms with Crippen LogP contribution in [0.5, 0.6) is 0 Å². The second kappa shape index (κ2) is 50.5. The first-order chi connectivity index (χ1) is 7.38. The van der Waals surface area contributed by atoms with Gasteiger partial charge in [0.2, 0.25) is 0 Å². The van der Waals surface area contributed by atoms with Gasteiger partial charge in [0.25, 0.3) is 0 Å². The second-order valence-corrected chi connectivity index (χ2v) is 2.14. The summed E-state index contributed by atoms with van der Waals surface area (Å²) in [6.45, 7) is 3.53. The monoisotopic (exact) mass is 354 g/mol. The van der Waals surface area contributed by atoms with E-state index in [1.165, 1.54) is 0 Å². The van der Waals surface area contributed by atoms with E-state index in [0.29, 0.717) is 6.61 Å². The van der Waals surface area contributed by atoms with Gasteiger partial charge in [-0.1, -0.05) is 13.3 Å². The Kier molecular flexibility index (Phi) is 120. The normalized spacial score (nSPS) is 6.00. The van der Waals surface area contributed by atoms with Crippen LogP contribution in [0.15, 0.2) is 0 Å². The summed E-state index contributed by atoms with van der Waals surface area (Å²) in [5.41, 5.74) is 0. The molecular formula is C6H22CaN2O12. The fraction of sp³-hybridized carbons (Fsp3) is 1.00. The number of ether oxygens (including phenoxy) is 1. The van der Waals surface area contributed by atoms with Gasteiger partial charge in [-0.05, 0) is 6.42 Å². The molecule has 0 aromatic carbocycles. The number of rotatable bonds is 5. The van der Waals surface area contributed by atoms with Crippen molar-refractivity contribution in [2.45, 2.75) is 19.8 Å². The zero-order valence-corrected chi connectivity index (χ0v) is 13.7. The molecule has 15 heteroatoms. The molecule has 0 aromatic heterocycles. The van der Waals surface area contributed by atoms with Crippen molar-refractivity contribution >= 4 is 37.7 Å². The van der Waals surface area contributed by atoms with Crippen molar-refractivity contribution in [1.29, 1.82) is 0 Å². The summed E-state index contributed by atoms with van der Waals surface area (Å²) < 4.78 is 4.97. The molecule has 0 saturated carbocycles. The third-order valence-electron chi connectivity index (χ3n) is 0.878. The summed E-state index contributed by atoms with van der Waals surface area (Å²) in [5, 5.41) is 37.7. The number of nitrogens with zero attached hydrogens (tertiary/aromatic N) is 2. The van der Waals surface area contributed by atoms with Crippen LogP contribution < -0.4 is 0 Å². The van der Waals surface area contributed by atoms with Gasteiger partial charge in [0.1, 0.15) is 0 Å². The Morgan fingerprint density at radius 3 is 1.38 bits per heavy atom. The van der Waals surface area contributed by atoms with Crippen LogP contribution in [0.25, 0.3) is 0 Å². The Balaban J connectivity index is -0.0000000193. The molecule has 0 heterocycles. The van der Waals surface area contributed by atoms with E-state index in [0.717, 1.165) is 19.4 Å². The third-order valence-corrected chi connectivity index (χ3v) is 0.878. The molecule has 0 aliphatic rings. The Bertz CT molecular complexity index is 148. The molecule has 0 amide bonds. The minimum atomic E-state index is -1.75. The summed E-state index contributed by atoms with van der Waals surface area (Å²) in [6, 6.07) is 0. The van der Waals surface area contributed by atoms with Crippen molar-refractivity contribution in [2.24, 2.45) is 0 Å². The number of aliphatic hydroxyl groups excluding tert-OH is 1. The first kappa shape index (κ1) is 49.9. The minimum absolute atomic E-state index is 0. The van der Waals surface area contributed by atoms with Gasteiger partial charge in [-0.15, -0.1) is 0 Å². The Morgan fingerprint density at radius 1 is 0.905 bits per heavy atom. The van der Waals surface area contributed by atoms with E-state index >= 15 is 0 Å². The molecule has 0 radical (unpaired) electrons. The van der Waals surface area contributed by atoms with Crippen LogP contribution in [0.4, 0.5) is 0 Å².